The molecule has 0 spiro atoms. The fourth-order valence-corrected chi connectivity index (χ4v) is 6.96. The van der Waals surface area contributed by atoms with E-state index in [0.717, 1.165) is 72.9 Å². The van der Waals surface area contributed by atoms with Crippen molar-refractivity contribution in [3.05, 3.63) is 65.6 Å². The summed E-state index contributed by atoms with van der Waals surface area (Å²) >= 11 is 0. The van der Waals surface area contributed by atoms with Gasteiger partial charge in [0, 0.05) is 47.3 Å². The molecule has 1 aromatic heterocycles. The Balaban J connectivity index is 1.09. The van der Waals surface area contributed by atoms with Gasteiger partial charge in [-0.3, -0.25) is 19.3 Å². The van der Waals surface area contributed by atoms with Crippen molar-refractivity contribution in [3.8, 4) is 0 Å². The topological polar surface area (TPSA) is 100 Å². The van der Waals surface area contributed by atoms with Crippen molar-refractivity contribution in [2.75, 3.05) is 18.0 Å². The first-order valence-corrected chi connectivity index (χ1v) is 14.4. The second kappa shape index (κ2) is 9.28. The Bertz CT molecular complexity index is 1560. The van der Waals surface area contributed by atoms with E-state index in [4.69, 9.17) is 0 Å². The SMILES string of the molecule is C=C1CCC(N2C(=O)c3cccc4c(Cn5cc(C6CCN(C(=O)C7(C)CCC7)CC6)nn5)ccc2c34)C(=O)N1. The molecule has 3 amide bonds. The van der Waals surface area contributed by atoms with Crippen LogP contribution in [0.2, 0.25) is 0 Å². The minimum atomic E-state index is -0.546. The van der Waals surface area contributed by atoms with E-state index in [-0.39, 0.29) is 17.2 Å². The molecule has 3 fully saturated rings. The van der Waals surface area contributed by atoms with E-state index in [1.165, 1.54) is 0 Å². The normalized spacial score (nSPS) is 22.5. The molecular weight excluding hydrogens is 504 g/mol. The minimum Gasteiger partial charge on any atom is -0.342 e. The third-order valence-corrected chi connectivity index (χ3v) is 9.51. The molecule has 3 aliphatic heterocycles. The average molecular weight is 539 g/mol. The molecule has 4 heterocycles. The number of carbonyl (C=O) groups is 3. The van der Waals surface area contributed by atoms with Crippen molar-refractivity contribution in [1.82, 2.24) is 25.2 Å². The predicted octanol–water partition coefficient (Wildman–Crippen LogP) is 4.13. The van der Waals surface area contributed by atoms with Gasteiger partial charge in [-0.2, -0.15) is 0 Å². The summed E-state index contributed by atoms with van der Waals surface area (Å²) in [5, 5.41) is 13.6. The van der Waals surface area contributed by atoms with E-state index >= 15 is 0 Å². The first-order chi connectivity index (χ1) is 19.3. The maximum Gasteiger partial charge on any atom is 0.259 e. The molecule has 1 N–H and O–H groups in total. The zero-order valence-corrected chi connectivity index (χ0v) is 22.9. The number of aromatic nitrogens is 3. The predicted molar refractivity (Wildman–Crippen MR) is 151 cm³/mol. The Kier molecular flexibility index (Phi) is 5.80. The number of anilines is 1. The van der Waals surface area contributed by atoms with Crippen LogP contribution in [0.15, 0.2) is 48.8 Å². The standard InChI is InChI=1S/C31H34N6O3/c1-19-7-9-26(28(38)32-19)37-25-10-8-21(22-5-3-6-23(27(22)25)29(37)39)17-36-18-24(33-34-36)20-11-15-35(16-12-20)30(40)31(2)13-4-14-31/h3,5-6,8,10,18,20,26H,1,4,7,9,11-17H2,2H3,(H,32,38). The molecule has 9 heteroatoms. The van der Waals surface area contributed by atoms with Gasteiger partial charge in [0.15, 0.2) is 0 Å². The number of piperidine rings is 2. The Morgan fingerprint density at radius 1 is 1.12 bits per heavy atom. The molecular formula is C31H34N6O3. The molecule has 2 saturated heterocycles. The highest BCUT2D eigenvalue weighted by molar-refractivity contribution is 6.27. The van der Waals surface area contributed by atoms with Crippen LogP contribution in [-0.2, 0) is 16.1 Å². The van der Waals surface area contributed by atoms with Gasteiger partial charge in [0.25, 0.3) is 5.91 Å². The fraction of sp³-hybridized carbons (Fsp3) is 0.452. The van der Waals surface area contributed by atoms with Crippen molar-refractivity contribution in [2.24, 2.45) is 5.41 Å². The number of amides is 3. The Hall–Kier alpha value is -4.01. The summed E-state index contributed by atoms with van der Waals surface area (Å²) in [7, 11) is 0. The zero-order valence-electron chi connectivity index (χ0n) is 22.9. The number of hydrogen-bond acceptors (Lipinski definition) is 5. The molecule has 0 bridgehead atoms. The van der Waals surface area contributed by atoms with Crippen LogP contribution in [0.5, 0.6) is 0 Å². The number of nitrogens with zero attached hydrogens (tertiary/aromatic N) is 5. The van der Waals surface area contributed by atoms with Crippen molar-refractivity contribution >= 4 is 34.2 Å². The Labute approximate surface area is 233 Å². The van der Waals surface area contributed by atoms with Crippen LogP contribution >= 0.6 is 0 Å². The largest absolute Gasteiger partial charge is 0.342 e. The molecule has 1 saturated carbocycles. The van der Waals surface area contributed by atoms with E-state index in [1.54, 1.807) is 4.90 Å². The number of nitrogens with one attached hydrogen (secondary N) is 1. The number of likely N-dealkylation sites (tertiary alicyclic amines) is 1. The smallest absolute Gasteiger partial charge is 0.259 e. The number of carbonyl (C=O) groups excluding carboxylic acids is 3. The zero-order chi connectivity index (χ0) is 27.6. The lowest BCUT2D eigenvalue weighted by molar-refractivity contribution is -0.147. The molecule has 4 aliphatic rings. The third kappa shape index (κ3) is 3.93. The van der Waals surface area contributed by atoms with Crippen LogP contribution in [0, 0.1) is 5.41 Å². The lowest BCUT2D eigenvalue weighted by Gasteiger charge is -2.42. The van der Waals surface area contributed by atoms with E-state index < -0.39 is 6.04 Å². The number of hydrogen-bond donors (Lipinski definition) is 1. The molecule has 1 unspecified atom stereocenters. The summed E-state index contributed by atoms with van der Waals surface area (Å²) in [4.78, 5) is 42.8. The first kappa shape index (κ1) is 25.0. The summed E-state index contributed by atoms with van der Waals surface area (Å²) in [6.45, 7) is 8.05. The Morgan fingerprint density at radius 2 is 1.93 bits per heavy atom. The number of allylic oxidation sites excluding steroid dienone is 1. The van der Waals surface area contributed by atoms with Gasteiger partial charge in [0.1, 0.15) is 6.04 Å². The van der Waals surface area contributed by atoms with Gasteiger partial charge in [0.2, 0.25) is 11.8 Å². The van der Waals surface area contributed by atoms with Crippen molar-refractivity contribution < 1.29 is 14.4 Å². The Morgan fingerprint density at radius 3 is 2.65 bits per heavy atom. The quantitative estimate of drug-likeness (QED) is 0.527. The summed E-state index contributed by atoms with van der Waals surface area (Å²) < 4.78 is 1.86. The van der Waals surface area contributed by atoms with Crippen LogP contribution in [0.25, 0.3) is 10.8 Å². The van der Waals surface area contributed by atoms with Crippen molar-refractivity contribution in [1.29, 1.82) is 0 Å². The fourth-order valence-electron chi connectivity index (χ4n) is 6.96. The molecule has 1 aliphatic carbocycles. The van der Waals surface area contributed by atoms with Crippen LogP contribution in [-0.4, -0.2) is 56.7 Å². The van der Waals surface area contributed by atoms with Crippen LogP contribution in [0.4, 0.5) is 5.69 Å². The summed E-state index contributed by atoms with van der Waals surface area (Å²) in [5.41, 5.74) is 3.97. The summed E-state index contributed by atoms with van der Waals surface area (Å²) in [5.74, 6) is 0.296. The molecule has 40 heavy (non-hydrogen) atoms. The van der Waals surface area contributed by atoms with E-state index in [9.17, 15) is 14.4 Å². The second-order valence-corrected chi connectivity index (χ2v) is 12.1. The molecule has 9 nitrogen and oxygen atoms in total. The van der Waals surface area contributed by atoms with Crippen LogP contribution < -0.4 is 10.2 Å². The van der Waals surface area contributed by atoms with E-state index in [0.29, 0.717) is 42.5 Å². The molecule has 0 radical (unpaired) electrons. The highest BCUT2D eigenvalue weighted by Gasteiger charge is 2.43. The highest BCUT2D eigenvalue weighted by atomic mass is 16.2. The van der Waals surface area contributed by atoms with Gasteiger partial charge in [-0.05, 0) is 61.6 Å². The van der Waals surface area contributed by atoms with Gasteiger partial charge in [-0.1, -0.05) is 43.3 Å². The maximum absolute atomic E-state index is 13.5. The molecule has 1 atom stereocenters. The second-order valence-electron chi connectivity index (χ2n) is 12.1. The van der Waals surface area contributed by atoms with Gasteiger partial charge in [-0.25, -0.2) is 4.68 Å². The average Bonchev–Trinajstić information content (AvgIpc) is 3.52. The van der Waals surface area contributed by atoms with E-state index in [1.807, 2.05) is 46.1 Å². The third-order valence-electron chi connectivity index (χ3n) is 9.51. The number of benzene rings is 2. The van der Waals surface area contributed by atoms with Gasteiger partial charge < -0.3 is 10.2 Å². The lowest BCUT2D eigenvalue weighted by atomic mass is 9.69. The molecule has 206 valence electrons. The molecule has 3 aromatic rings. The van der Waals surface area contributed by atoms with Crippen LogP contribution in [0.1, 0.15) is 79.4 Å². The maximum atomic E-state index is 13.5. The highest BCUT2D eigenvalue weighted by Crippen LogP contribution is 2.43. The lowest BCUT2D eigenvalue weighted by Crippen LogP contribution is -2.51. The summed E-state index contributed by atoms with van der Waals surface area (Å²) in [6.07, 6.45) is 8.22. The molecule has 2 aromatic carbocycles. The monoisotopic (exact) mass is 538 g/mol. The van der Waals surface area contributed by atoms with Crippen molar-refractivity contribution in [3.63, 3.8) is 0 Å². The first-order valence-electron chi connectivity index (χ1n) is 14.4. The van der Waals surface area contributed by atoms with Gasteiger partial charge >= 0.3 is 0 Å². The molecule has 7 rings (SSSR count). The van der Waals surface area contributed by atoms with Crippen LogP contribution in [0.3, 0.4) is 0 Å². The minimum absolute atomic E-state index is 0.135. The van der Waals surface area contributed by atoms with Crippen molar-refractivity contribution in [2.45, 2.75) is 70.4 Å². The number of rotatable bonds is 5. The summed E-state index contributed by atoms with van der Waals surface area (Å²) in [6, 6.07) is 9.21. The van der Waals surface area contributed by atoms with Gasteiger partial charge in [0.05, 0.1) is 17.9 Å². The van der Waals surface area contributed by atoms with E-state index in [2.05, 4.69) is 29.1 Å². The van der Waals surface area contributed by atoms with Gasteiger partial charge in [-0.15, -0.1) is 5.10 Å².